The van der Waals surface area contributed by atoms with Gasteiger partial charge in [0.1, 0.15) is 11.6 Å². The topological polar surface area (TPSA) is 47.4 Å². The summed E-state index contributed by atoms with van der Waals surface area (Å²) in [5.74, 6) is 0.185. The average molecular weight is 510 g/mol. The number of carbonyl (C=O) groups excluding carboxylic acids is 1. The molecule has 1 heterocycles. The van der Waals surface area contributed by atoms with E-state index in [1.54, 1.807) is 53.2 Å². The summed E-state index contributed by atoms with van der Waals surface area (Å²) in [5.41, 5.74) is 2.61. The number of aromatic nitrogens is 2. The van der Waals surface area contributed by atoms with Crippen molar-refractivity contribution in [1.29, 1.82) is 0 Å². The number of hydrogen-bond acceptors (Lipinski definition) is 3. The first-order valence-corrected chi connectivity index (χ1v) is 12.0. The molecule has 1 amide bonds. The van der Waals surface area contributed by atoms with Crippen LogP contribution in [0, 0.1) is 12.7 Å². The predicted molar refractivity (Wildman–Crippen MR) is 134 cm³/mol. The van der Waals surface area contributed by atoms with Crippen LogP contribution < -0.4 is 4.74 Å². The number of benzene rings is 3. The second-order valence-corrected chi connectivity index (χ2v) is 9.30. The number of ether oxygens (including phenoxy) is 1. The quantitative estimate of drug-likeness (QED) is 0.264. The summed E-state index contributed by atoms with van der Waals surface area (Å²) < 4.78 is 21.8. The van der Waals surface area contributed by atoms with E-state index in [0.717, 1.165) is 24.1 Å². The Morgan fingerprint density at radius 2 is 1.83 bits per heavy atom. The highest BCUT2D eigenvalue weighted by Gasteiger charge is 2.35. The zero-order valence-electron chi connectivity index (χ0n) is 18.9. The van der Waals surface area contributed by atoms with Crippen molar-refractivity contribution in [2.75, 3.05) is 0 Å². The minimum atomic E-state index is -0.410. The van der Waals surface area contributed by atoms with Crippen LogP contribution in [0.5, 0.6) is 11.6 Å². The smallest absolute Gasteiger partial charge is 0.255 e. The highest BCUT2D eigenvalue weighted by Crippen LogP contribution is 2.36. The van der Waals surface area contributed by atoms with E-state index in [4.69, 9.17) is 33.0 Å². The van der Waals surface area contributed by atoms with Crippen molar-refractivity contribution in [2.45, 2.75) is 32.4 Å². The number of aryl methyl sites for hydroxylation is 1. The fourth-order valence-electron chi connectivity index (χ4n) is 3.94. The van der Waals surface area contributed by atoms with E-state index in [-0.39, 0.29) is 18.5 Å². The molecule has 3 aromatic carbocycles. The highest BCUT2D eigenvalue weighted by molar-refractivity contribution is 6.33. The van der Waals surface area contributed by atoms with E-state index >= 15 is 0 Å². The maximum Gasteiger partial charge on any atom is 0.255 e. The van der Waals surface area contributed by atoms with Crippen LogP contribution in [0.1, 0.15) is 34.5 Å². The van der Waals surface area contributed by atoms with Crippen LogP contribution in [0.25, 0.3) is 5.69 Å². The van der Waals surface area contributed by atoms with Gasteiger partial charge in [0, 0.05) is 17.1 Å². The standard InChI is InChI=1S/C27H22Cl2FN3O2/c1-17-24(16-32(20-13-14-20)26(34)23-7-2-3-8-25(23)29)27(35-22-6-4-5-19(30)15-22)33(31-17)21-11-9-18(28)10-12-21/h2-12,15,20H,13-14,16H2,1H3. The molecule has 0 bridgehead atoms. The molecule has 5 nitrogen and oxygen atoms in total. The molecule has 1 saturated carbocycles. The Kier molecular flexibility index (Phi) is 6.50. The SMILES string of the molecule is Cc1nn(-c2ccc(Cl)cc2)c(Oc2cccc(F)c2)c1CN(C(=O)c1ccccc1Cl)C1CC1. The van der Waals surface area contributed by atoms with Crippen LogP contribution in [-0.2, 0) is 6.54 Å². The van der Waals surface area contributed by atoms with Crippen LogP contribution in [0.3, 0.4) is 0 Å². The van der Waals surface area contributed by atoms with Gasteiger partial charge in [0.25, 0.3) is 5.91 Å². The lowest BCUT2D eigenvalue weighted by Crippen LogP contribution is -2.33. The summed E-state index contributed by atoms with van der Waals surface area (Å²) in [5, 5.41) is 5.71. The molecule has 35 heavy (non-hydrogen) atoms. The molecule has 0 atom stereocenters. The third kappa shape index (κ3) is 5.04. The fraction of sp³-hybridized carbons (Fsp3) is 0.185. The summed E-state index contributed by atoms with van der Waals surface area (Å²) in [6.45, 7) is 2.14. The Labute approximate surface area is 212 Å². The van der Waals surface area contributed by atoms with Crippen LogP contribution in [-0.4, -0.2) is 26.6 Å². The van der Waals surface area contributed by atoms with E-state index in [1.165, 1.54) is 12.1 Å². The zero-order valence-corrected chi connectivity index (χ0v) is 20.4. The Hall–Kier alpha value is -3.35. The Morgan fingerprint density at radius 3 is 2.51 bits per heavy atom. The second-order valence-electron chi connectivity index (χ2n) is 8.46. The van der Waals surface area contributed by atoms with Crippen molar-refractivity contribution in [3.63, 3.8) is 0 Å². The molecule has 1 aliphatic rings. The van der Waals surface area contributed by atoms with E-state index in [2.05, 4.69) is 0 Å². The molecule has 0 unspecified atom stereocenters. The van der Waals surface area contributed by atoms with Crippen molar-refractivity contribution >= 4 is 29.1 Å². The second kappa shape index (κ2) is 9.72. The van der Waals surface area contributed by atoms with Crippen LogP contribution in [0.2, 0.25) is 10.0 Å². The number of halogens is 3. The monoisotopic (exact) mass is 509 g/mol. The van der Waals surface area contributed by atoms with Crippen molar-refractivity contribution in [3.8, 4) is 17.3 Å². The van der Waals surface area contributed by atoms with Crippen molar-refractivity contribution < 1.29 is 13.9 Å². The number of carbonyl (C=O) groups is 1. The Balaban J connectivity index is 1.57. The normalized spacial score (nSPS) is 13.0. The molecule has 0 spiro atoms. The minimum absolute atomic E-state index is 0.110. The molecule has 0 aliphatic heterocycles. The first-order valence-electron chi connectivity index (χ1n) is 11.2. The van der Waals surface area contributed by atoms with Gasteiger partial charge in [0.15, 0.2) is 0 Å². The molecule has 178 valence electrons. The summed E-state index contributed by atoms with van der Waals surface area (Å²) in [6.07, 6.45) is 1.83. The van der Waals surface area contributed by atoms with Gasteiger partial charge in [-0.1, -0.05) is 41.4 Å². The van der Waals surface area contributed by atoms with E-state index in [0.29, 0.717) is 32.9 Å². The number of amides is 1. The lowest BCUT2D eigenvalue weighted by atomic mass is 10.1. The molecule has 1 aromatic heterocycles. The molecule has 1 aliphatic carbocycles. The van der Waals surface area contributed by atoms with E-state index in [1.807, 2.05) is 24.0 Å². The largest absolute Gasteiger partial charge is 0.438 e. The van der Waals surface area contributed by atoms with E-state index in [9.17, 15) is 9.18 Å². The van der Waals surface area contributed by atoms with Gasteiger partial charge in [-0.2, -0.15) is 5.10 Å². The maximum atomic E-state index is 13.9. The van der Waals surface area contributed by atoms with Gasteiger partial charge < -0.3 is 9.64 Å². The first kappa shape index (κ1) is 23.4. The molecule has 0 saturated heterocycles. The molecular weight excluding hydrogens is 488 g/mol. The molecule has 1 fully saturated rings. The predicted octanol–water partition coefficient (Wildman–Crippen LogP) is 7.22. The summed E-state index contributed by atoms with van der Waals surface area (Å²) in [6, 6.07) is 20.2. The molecule has 8 heteroatoms. The maximum absolute atomic E-state index is 13.9. The Morgan fingerprint density at radius 1 is 1.09 bits per heavy atom. The minimum Gasteiger partial charge on any atom is -0.438 e. The summed E-state index contributed by atoms with van der Waals surface area (Å²) in [4.78, 5) is 15.3. The molecule has 5 rings (SSSR count). The molecular formula is C27H22Cl2FN3O2. The third-order valence-corrected chi connectivity index (χ3v) is 6.48. The van der Waals surface area contributed by atoms with Gasteiger partial charge in [-0.25, -0.2) is 9.07 Å². The number of nitrogens with zero attached hydrogens (tertiary/aromatic N) is 3. The molecule has 0 N–H and O–H groups in total. The zero-order chi connectivity index (χ0) is 24.5. The average Bonchev–Trinajstić information content (AvgIpc) is 3.63. The van der Waals surface area contributed by atoms with Crippen LogP contribution >= 0.6 is 23.2 Å². The van der Waals surface area contributed by atoms with Crippen molar-refractivity contribution in [3.05, 3.63) is 105 Å². The van der Waals surface area contributed by atoms with Gasteiger partial charge in [0.05, 0.1) is 34.1 Å². The lowest BCUT2D eigenvalue weighted by molar-refractivity contribution is 0.0729. The summed E-state index contributed by atoms with van der Waals surface area (Å²) >= 11 is 12.4. The summed E-state index contributed by atoms with van der Waals surface area (Å²) in [7, 11) is 0. The van der Waals surface area contributed by atoms with Crippen LogP contribution in [0.15, 0.2) is 72.8 Å². The molecule has 0 radical (unpaired) electrons. The third-order valence-electron chi connectivity index (χ3n) is 5.90. The number of rotatable bonds is 7. The molecule has 4 aromatic rings. The lowest BCUT2D eigenvalue weighted by Gasteiger charge is -2.23. The van der Waals surface area contributed by atoms with Crippen molar-refractivity contribution in [1.82, 2.24) is 14.7 Å². The highest BCUT2D eigenvalue weighted by atomic mass is 35.5. The van der Waals surface area contributed by atoms with Gasteiger partial charge in [-0.15, -0.1) is 0 Å². The van der Waals surface area contributed by atoms with Gasteiger partial charge in [0.2, 0.25) is 5.88 Å². The van der Waals surface area contributed by atoms with Crippen LogP contribution in [0.4, 0.5) is 4.39 Å². The van der Waals surface area contributed by atoms with Crippen molar-refractivity contribution in [2.24, 2.45) is 0 Å². The van der Waals surface area contributed by atoms with Gasteiger partial charge >= 0.3 is 0 Å². The Bertz CT molecular complexity index is 1380. The van der Waals surface area contributed by atoms with E-state index < -0.39 is 5.82 Å². The van der Waals surface area contributed by atoms with Gasteiger partial charge in [-0.05, 0) is 68.3 Å². The fourth-order valence-corrected chi connectivity index (χ4v) is 4.28. The van der Waals surface area contributed by atoms with Gasteiger partial charge in [-0.3, -0.25) is 4.79 Å². The first-order chi connectivity index (χ1) is 16.9. The number of hydrogen-bond donors (Lipinski definition) is 0.